The minimum absolute atomic E-state index is 0.219. The summed E-state index contributed by atoms with van der Waals surface area (Å²) in [6.07, 6.45) is 0.887. The number of hydrogen-bond acceptors (Lipinski definition) is 3. The van der Waals surface area contributed by atoms with Gasteiger partial charge in [-0.05, 0) is 25.0 Å². The Kier molecular flexibility index (Phi) is 2.24. The highest BCUT2D eigenvalue weighted by Gasteiger charge is 2.36. The first-order valence-corrected chi connectivity index (χ1v) is 5.61. The van der Waals surface area contributed by atoms with E-state index in [0.717, 1.165) is 12.8 Å². The van der Waals surface area contributed by atoms with E-state index in [1.807, 2.05) is 0 Å². The lowest BCUT2D eigenvalue weighted by atomic mass is 10.2. The van der Waals surface area contributed by atoms with Crippen LogP contribution in [-0.2, 0) is 9.59 Å². The topological polar surface area (TPSA) is 67.4 Å². The van der Waals surface area contributed by atoms with E-state index in [4.69, 9.17) is 4.74 Å². The lowest BCUT2D eigenvalue weighted by Crippen LogP contribution is -2.49. The molecule has 5 heteroatoms. The Bertz CT molecular complexity index is 482. The van der Waals surface area contributed by atoms with Crippen LogP contribution in [0.1, 0.15) is 12.8 Å². The zero-order chi connectivity index (χ0) is 11.8. The molecule has 17 heavy (non-hydrogen) atoms. The van der Waals surface area contributed by atoms with Crippen LogP contribution in [-0.4, -0.2) is 24.0 Å². The Morgan fingerprint density at radius 3 is 2.88 bits per heavy atom. The van der Waals surface area contributed by atoms with Crippen molar-refractivity contribution in [3.63, 3.8) is 0 Å². The first kappa shape index (κ1) is 10.1. The summed E-state index contributed by atoms with van der Waals surface area (Å²) < 4.78 is 5.41. The molecule has 1 aromatic carbocycles. The molecule has 1 aromatic rings. The summed E-state index contributed by atoms with van der Waals surface area (Å²) in [6, 6.07) is 7.28. The number of ether oxygens (including phenoxy) is 1. The van der Waals surface area contributed by atoms with Gasteiger partial charge in [0.15, 0.2) is 0 Å². The molecule has 0 saturated heterocycles. The van der Waals surface area contributed by atoms with Gasteiger partial charge >= 0.3 is 0 Å². The molecule has 88 valence electrons. The fourth-order valence-corrected chi connectivity index (χ4v) is 1.73. The first-order chi connectivity index (χ1) is 8.24. The van der Waals surface area contributed by atoms with Crippen molar-refractivity contribution in [1.82, 2.24) is 5.32 Å². The van der Waals surface area contributed by atoms with E-state index in [2.05, 4.69) is 10.6 Å². The third-order valence-electron chi connectivity index (χ3n) is 2.79. The molecule has 1 heterocycles. The molecule has 0 spiro atoms. The van der Waals surface area contributed by atoms with Gasteiger partial charge in [-0.15, -0.1) is 0 Å². The molecule has 2 aliphatic rings. The van der Waals surface area contributed by atoms with Crippen LogP contribution in [0.5, 0.6) is 5.75 Å². The molecule has 1 saturated carbocycles. The van der Waals surface area contributed by atoms with Gasteiger partial charge in [0.2, 0.25) is 0 Å². The molecule has 2 N–H and O–H groups in total. The second-order valence-electron chi connectivity index (χ2n) is 4.27. The number of carbonyl (C=O) groups excluding carboxylic acids is 2. The van der Waals surface area contributed by atoms with Crippen molar-refractivity contribution >= 4 is 17.5 Å². The Balaban J connectivity index is 1.78. The molecular weight excluding hydrogens is 220 g/mol. The summed E-state index contributed by atoms with van der Waals surface area (Å²) in [7, 11) is 0. The molecule has 1 fully saturated rings. The van der Waals surface area contributed by atoms with Crippen molar-refractivity contribution in [3.8, 4) is 5.75 Å². The van der Waals surface area contributed by atoms with E-state index in [1.54, 1.807) is 24.3 Å². The van der Waals surface area contributed by atoms with Crippen LogP contribution >= 0.6 is 0 Å². The van der Waals surface area contributed by atoms with Crippen molar-refractivity contribution in [1.29, 1.82) is 0 Å². The maximum Gasteiger partial charge on any atom is 0.275 e. The average molecular weight is 232 g/mol. The average Bonchev–Trinajstić information content (AvgIpc) is 3.12. The highest BCUT2D eigenvalue weighted by molar-refractivity contribution is 6.11. The number of amides is 2. The fourth-order valence-electron chi connectivity index (χ4n) is 1.73. The van der Waals surface area contributed by atoms with Crippen LogP contribution in [0, 0.1) is 0 Å². The maximum atomic E-state index is 11.8. The van der Waals surface area contributed by atoms with Crippen molar-refractivity contribution in [2.24, 2.45) is 0 Å². The summed E-state index contributed by atoms with van der Waals surface area (Å²) in [5, 5.41) is 5.42. The Morgan fingerprint density at radius 1 is 1.35 bits per heavy atom. The van der Waals surface area contributed by atoms with E-state index < -0.39 is 12.0 Å². The quantitative estimate of drug-likeness (QED) is 0.736. The highest BCUT2D eigenvalue weighted by atomic mass is 16.5. The van der Waals surface area contributed by atoms with Gasteiger partial charge in [-0.25, -0.2) is 0 Å². The van der Waals surface area contributed by atoms with Crippen LogP contribution < -0.4 is 15.4 Å². The SMILES string of the molecule is O=C1Nc2ccccc2O[C@H]1C(=O)NC1CC1. The zero-order valence-corrected chi connectivity index (χ0v) is 9.10. The number of hydrogen-bond donors (Lipinski definition) is 2. The molecular formula is C12H12N2O3. The highest BCUT2D eigenvalue weighted by Crippen LogP contribution is 2.29. The van der Waals surface area contributed by atoms with Gasteiger partial charge in [0.05, 0.1) is 5.69 Å². The van der Waals surface area contributed by atoms with Crippen LogP contribution in [0.3, 0.4) is 0 Å². The monoisotopic (exact) mass is 232 g/mol. The molecule has 1 aliphatic heterocycles. The second kappa shape index (κ2) is 3.76. The number of anilines is 1. The normalized spacial score (nSPS) is 22.1. The van der Waals surface area contributed by atoms with Gasteiger partial charge in [-0.3, -0.25) is 9.59 Å². The zero-order valence-electron chi connectivity index (χ0n) is 9.10. The second-order valence-corrected chi connectivity index (χ2v) is 4.27. The molecule has 3 rings (SSSR count). The van der Waals surface area contributed by atoms with E-state index in [9.17, 15) is 9.59 Å². The lowest BCUT2D eigenvalue weighted by molar-refractivity contribution is -0.137. The first-order valence-electron chi connectivity index (χ1n) is 5.61. The molecule has 2 amide bonds. The summed E-state index contributed by atoms with van der Waals surface area (Å²) in [4.78, 5) is 23.5. The Labute approximate surface area is 98.1 Å². The summed E-state index contributed by atoms with van der Waals surface area (Å²) in [5.41, 5.74) is 0.605. The van der Waals surface area contributed by atoms with Gasteiger partial charge in [0, 0.05) is 6.04 Å². The summed E-state index contributed by atoms with van der Waals surface area (Å²) in [5.74, 6) is -0.246. The number of para-hydroxylation sites is 2. The molecule has 0 bridgehead atoms. The third kappa shape index (κ3) is 1.95. The van der Waals surface area contributed by atoms with Gasteiger partial charge in [0.1, 0.15) is 5.75 Å². The van der Waals surface area contributed by atoms with E-state index in [-0.39, 0.29) is 11.9 Å². The number of nitrogens with one attached hydrogen (secondary N) is 2. The Hall–Kier alpha value is -2.04. The van der Waals surface area contributed by atoms with Gasteiger partial charge < -0.3 is 15.4 Å². The largest absolute Gasteiger partial charge is 0.468 e. The van der Waals surface area contributed by atoms with Crippen molar-refractivity contribution in [2.75, 3.05) is 5.32 Å². The van der Waals surface area contributed by atoms with E-state index >= 15 is 0 Å². The minimum Gasteiger partial charge on any atom is -0.468 e. The minimum atomic E-state index is -1.08. The van der Waals surface area contributed by atoms with Crippen LogP contribution in [0.25, 0.3) is 0 Å². The van der Waals surface area contributed by atoms with Crippen molar-refractivity contribution < 1.29 is 14.3 Å². The van der Waals surface area contributed by atoms with E-state index in [1.165, 1.54) is 0 Å². The van der Waals surface area contributed by atoms with Gasteiger partial charge in [-0.2, -0.15) is 0 Å². The molecule has 0 radical (unpaired) electrons. The van der Waals surface area contributed by atoms with E-state index in [0.29, 0.717) is 11.4 Å². The smallest absolute Gasteiger partial charge is 0.275 e. The predicted octanol–water partition coefficient (Wildman–Crippen LogP) is 0.665. The van der Waals surface area contributed by atoms with Crippen molar-refractivity contribution in [2.45, 2.75) is 25.0 Å². The van der Waals surface area contributed by atoms with Crippen LogP contribution in [0.2, 0.25) is 0 Å². The molecule has 5 nitrogen and oxygen atoms in total. The van der Waals surface area contributed by atoms with Crippen molar-refractivity contribution in [3.05, 3.63) is 24.3 Å². The summed E-state index contributed by atoms with van der Waals surface area (Å²) >= 11 is 0. The van der Waals surface area contributed by atoms with Gasteiger partial charge in [-0.1, -0.05) is 12.1 Å². The molecule has 1 aliphatic carbocycles. The van der Waals surface area contributed by atoms with Crippen LogP contribution in [0.4, 0.5) is 5.69 Å². The maximum absolute atomic E-state index is 11.8. The number of benzene rings is 1. The predicted molar refractivity (Wildman–Crippen MR) is 60.7 cm³/mol. The number of carbonyl (C=O) groups is 2. The molecule has 0 unspecified atom stereocenters. The number of fused-ring (bicyclic) bond motifs is 1. The standard InChI is InChI=1S/C12H12N2O3/c15-11(13-7-5-6-7)10-12(16)14-8-3-1-2-4-9(8)17-10/h1-4,7,10H,5-6H2,(H,13,15)(H,14,16)/t10-/m0/s1. The van der Waals surface area contributed by atoms with Gasteiger partial charge in [0.25, 0.3) is 17.9 Å². The lowest BCUT2D eigenvalue weighted by Gasteiger charge is -2.24. The Morgan fingerprint density at radius 2 is 2.12 bits per heavy atom. The fraction of sp³-hybridized carbons (Fsp3) is 0.333. The number of rotatable bonds is 2. The van der Waals surface area contributed by atoms with Crippen LogP contribution in [0.15, 0.2) is 24.3 Å². The summed E-state index contributed by atoms with van der Waals surface area (Å²) in [6.45, 7) is 0. The molecule has 1 atom stereocenters. The third-order valence-corrected chi connectivity index (χ3v) is 2.79. The molecule has 0 aromatic heterocycles.